The van der Waals surface area contributed by atoms with E-state index in [9.17, 15) is 37.7 Å². The van der Waals surface area contributed by atoms with Gasteiger partial charge in [0.1, 0.15) is 28.9 Å². The van der Waals surface area contributed by atoms with Crippen LogP contribution in [-0.2, 0) is 26.2 Å². The Labute approximate surface area is 529 Å². The molecule has 90 heavy (non-hydrogen) atoms. The number of hydrogen-bond acceptors (Lipinski definition) is 15. The van der Waals surface area contributed by atoms with Crippen LogP contribution in [0.1, 0.15) is 115 Å². The second-order valence-corrected chi connectivity index (χ2v) is 27.8. The molecule has 6 aliphatic rings. The third-order valence-corrected chi connectivity index (χ3v) is 20.6. The van der Waals surface area contributed by atoms with Crippen LogP contribution in [-0.4, -0.2) is 151 Å². The zero-order chi connectivity index (χ0) is 62.7. The van der Waals surface area contributed by atoms with Crippen molar-refractivity contribution < 1.29 is 37.3 Å². The van der Waals surface area contributed by atoms with Crippen LogP contribution in [0, 0.1) is 39.2 Å². The number of carbonyl (C=O) groups excluding carboxylic acids is 4. The zero-order valence-electron chi connectivity index (χ0n) is 50.9. The Balaban J connectivity index is 0.618. The molecule has 7 heterocycles. The van der Waals surface area contributed by atoms with E-state index in [2.05, 4.69) is 82.7 Å². The number of rotatable bonds is 18. The van der Waals surface area contributed by atoms with Crippen molar-refractivity contribution in [1.82, 2.24) is 39.6 Å². The number of amides is 4. The van der Waals surface area contributed by atoms with E-state index in [0.717, 1.165) is 137 Å². The maximum Gasteiger partial charge on any atom is 0.293 e. The van der Waals surface area contributed by atoms with Crippen molar-refractivity contribution in [2.24, 2.45) is 17.3 Å². The summed E-state index contributed by atoms with van der Waals surface area (Å²) in [4.78, 5) is 81.9. The van der Waals surface area contributed by atoms with Crippen molar-refractivity contribution in [3.8, 4) is 23.3 Å². The molecule has 0 radical (unpaired) electrons. The summed E-state index contributed by atoms with van der Waals surface area (Å²) in [5.74, 6) is 6.06. The third kappa shape index (κ3) is 14.4. The van der Waals surface area contributed by atoms with Gasteiger partial charge in [-0.05, 0) is 185 Å². The number of piperazine rings is 1. The number of carbonyl (C=O) groups is 4. The Morgan fingerprint density at radius 1 is 0.867 bits per heavy atom. The number of aromatic amines is 1. The maximum absolute atomic E-state index is 14.2. The minimum absolute atomic E-state index is 0.0472. The van der Waals surface area contributed by atoms with Crippen LogP contribution in [0.25, 0.3) is 16.6 Å². The fourth-order valence-corrected chi connectivity index (χ4v) is 14.7. The summed E-state index contributed by atoms with van der Waals surface area (Å²) in [5, 5.41) is 19.6. The van der Waals surface area contributed by atoms with E-state index >= 15 is 0 Å². The summed E-state index contributed by atoms with van der Waals surface area (Å²) in [6.07, 6.45) is 12.1. The molecule has 12 rings (SSSR count). The highest BCUT2D eigenvalue weighted by atomic mass is 35.5. The van der Waals surface area contributed by atoms with Gasteiger partial charge in [-0.1, -0.05) is 61.1 Å². The molecule has 4 amide bonds. The number of benzene rings is 4. The van der Waals surface area contributed by atoms with E-state index in [0.29, 0.717) is 62.0 Å². The van der Waals surface area contributed by atoms with Gasteiger partial charge in [-0.15, -0.1) is 0 Å². The Morgan fingerprint density at radius 3 is 2.40 bits per heavy atom. The highest BCUT2D eigenvalue weighted by Crippen LogP contribution is 2.44. The molecule has 6 aromatic rings. The summed E-state index contributed by atoms with van der Waals surface area (Å²) in [6, 6.07) is 25.4. The van der Waals surface area contributed by atoms with E-state index in [4.69, 9.17) is 16.3 Å². The number of anilines is 2. The molecule has 20 nitrogen and oxygen atoms in total. The lowest BCUT2D eigenvalue weighted by molar-refractivity contribution is -0.384. The van der Waals surface area contributed by atoms with Crippen molar-refractivity contribution in [2.45, 2.75) is 95.5 Å². The molecule has 0 bridgehead atoms. The van der Waals surface area contributed by atoms with Gasteiger partial charge in [0.15, 0.2) is 0 Å². The molecular formula is C68H76ClN11O9S. The third-order valence-electron chi connectivity index (χ3n) is 19.0. The molecule has 470 valence electrons. The Hall–Kier alpha value is -8.13. The number of imide groups is 1. The number of H-pyrrole nitrogens is 1. The average molecular weight is 1260 g/mol. The minimum atomic E-state index is -4.62. The fraction of sp³-hybridized carbons (Fsp3) is 0.426. The highest BCUT2D eigenvalue weighted by Gasteiger charge is 2.40. The molecule has 4 N–H and O–H groups in total. The van der Waals surface area contributed by atoms with Crippen LogP contribution in [0.3, 0.4) is 0 Å². The van der Waals surface area contributed by atoms with Crippen molar-refractivity contribution in [1.29, 1.82) is 0 Å². The van der Waals surface area contributed by atoms with Crippen molar-refractivity contribution in [3.05, 3.63) is 152 Å². The van der Waals surface area contributed by atoms with Crippen LogP contribution in [0.4, 0.5) is 17.1 Å². The standard InChI is InChI=1S/C68H76ClN11O9S/c1-68(2)25-18-50(57(40-68)48-8-10-51(69)11-9-48)43-77-33-35-78(36-34-77)52-12-14-56(62(38-52)89-53-37-49-19-26-70-64(49)72-42-53)65(82)74-90(87,88)54-13-15-59(61(39-54)80(85)86)71-41-46-23-31-76(32-24-46)30-22-45-20-28-75(29-21-45)27-4-6-47-5-3-7-55-58(47)44-79(67(55)84)60-16-17-63(81)73-66(60)83/h3,5,7-15,19,26,37-39,42,45-46,60,71H,16-18,20-25,27-36,40-41,43-44H2,1-2H3,(H,70,72)(H,74,82)(H,73,81,83). The molecule has 4 fully saturated rings. The van der Waals surface area contributed by atoms with Gasteiger partial charge < -0.3 is 29.7 Å². The molecule has 4 saturated heterocycles. The smallest absolute Gasteiger partial charge is 0.293 e. The number of nitrogens with one attached hydrogen (secondary N) is 4. The summed E-state index contributed by atoms with van der Waals surface area (Å²) < 4.78 is 36.6. The van der Waals surface area contributed by atoms with Gasteiger partial charge in [-0.3, -0.25) is 44.4 Å². The predicted octanol–water partition coefficient (Wildman–Crippen LogP) is 9.86. The van der Waals surface area contributed by atoms with Crippen molar-refractivity contribution >= 4 is 78.9 Å². The van der Waals surface area contributed by atoms with Crippen LogP contribution < -0.4 is 25.0 Å². The molecule has 5 aliphatic heterocycles. The Morgan fingerprint density at radius 2 is 1.63 bits per heavy atom. The van der Waals surface area contributed by atoms with Crippen LogP contribution in [0.15, 0.2) is 114 Å². The molecule has 1 unspecified atom stereocenters. The quantitative estimate of drug-likeness (QED) is 0.0271. The van der Waals surface area contributed by atoms with Gasteiger partial charge in [0, 0.05) is 97.8 Å². The molecule has 0 saturated carbocycles. The number of nitro groups is 1. The number of sulfonamides is 1. The fourth-order valence-electron chi connectivity index (χ4n) is 13.6. The van der Waals surface area contributed by atoms with Gasteiger partial charge in [0.05, 0.1) is 28.1 Å². The summed E-state index contributed by atoms with van der Waals surface area (Å²) in [5.41, 5.74) is 7.65. The molecule has 1 atom stereocenters. The van der Waals surface area contributed by atoms with Crippen molar-refractivity contribution in [3.63, 3.8) is 0 Å². The first-order valence-corrected chi connectivity index (χ1v) is 33.2. The number of fused-ring (bicyclic) bond motifs is 2. The Bertz CT molecular complexity index is 3950. The number of piperidine rings is 3. The molecular weight excluding hydrogens is 1180 g/mol. The monoisotopic (exact) mass is 1260 g/mol. The second-order valence-electron chi connectivity index (χ2n) is 25.6. The molecule has 2 aromatic heterocycles. The van der Waals surface area contributed by atoms with Gasteiger partial charge >= 0.3 is 0 Å². The first-order valence-electron chi connectivity index (χ1n) is 31.4. The SMILES string of the molecule is CC1(C)CCC(CN2CCN(c3ccc(C(=O)NS(=O)(=O)c4ccc(NCC5CCN(CCC6CCN(CC#Cc7cccc8c7CN(C7CCC(=O)NC7=O)C8=O)CC6)CC5)c([N+](=O)[O-])c4)c(Oc4cnc5[nH]ccc5c4)c3)CC2)=C(c2ccc(Cl)cc2)C1. The van der Waals surface area contributed by atoms with E-state index in [1.807, 2.05) is 30.3 Å². The first kappa shape index (κ1) is 62.1. The number of ether oxygens (including phenoxy) is 1. The van der Waals surface area contributed by atoms with Crippen molar-refractivity contribution in [2.75, 3.05) is 88.8 Å². The number of likely N-dealkylation sites (tertiary alicyclic amines) is 2. The van der Waals surface area contributed by atoms with E-state index in [-0.39, 0.29) is 46.6 Å². The molecule has 0 spiro atoms. The number of nitrogens with zero attached hydrogens (tertiary/aromatic N) is 7. The van der Waals surface area contributed by atoms with Gasteiger partial charge in [0.25, 0.3) is 27.5 Å². The second kappa shape index (κ2) is 26.8. The summed E-state index contributed by atoms with van der Waals surface area (Å²) in [6.45, 7) is 14.7. The zero-order valence-corrected chi connectivity index (χ0v) is 52.5. The highest BCUT2D eigenvalue weighted by molar-refractivity contribution is 7.90. The number of hydrogen-bond donors (Lipinski definition) is 4. The van der Waals surface area contributed by atoms with E-state index < -0.39 is 43.4 Å². The molecule has 1 aliphatic carbocycles. The number of halogens is 1. The maximum atomic E-state index is 14.2. The normalized spacial score (nSPS) is 19.8. The molecule has 4 aromatic carbocycles. The first-order chi connectivity index (χ1) is 43.4. The number of pyridine rings is 1. The number of aromatic nitrogens is 2. The minimum Gasteiger partial charge on any atom is -0.455 e. The van der Waals surface area contributed by atoms with Gasteiger partial charge in [0.2, 0.25) is 11.8 Å². The lowest BCUT2D eigenvalue weighted by Gasteiger charge is -2.39. The number of nitro benzene ring substituents is 1. The van der Waals surface area contributed by atoms with Crippen LogP contribution >= 0.6 is 11.6 Å². The lowest BCUT2D eigenvalue weighted by Crippen LogP contribution is -2.52. The largest absolute Gasteiger partial charge is 0.455 e. The van der Waals surface area contributed by atoms with Gasteiger partial charge in [-0.2, -0.15) is 0 Å². The number of allylic oxidation sites excluding steroid dienone is 1. The van der Waals surface area contributed by atoms with Crippen LogP contribution in [0.2, 0.25) is 5.02 Å². The van der Waals surface area contributed by atoms with Gasteiger partial charge in [-0.25, -0.2) is 18.1 Å². The Kier molecular flexibility index (Phi) is 18.5. The van der Waals surface area contributed by atoms with E-state index in [1.54, 1.807) is 41.4 Å². The van der Waals surface area contributed by atoms with E-state index in [1.165, 1.54) is 35.0 Å². The average Bonchev–Trinajstić information content (AvgIpc) is 1.64. The molecule has 22 heteroatoms. The summed E-state index contributed by atoms with van der Waals surface area (Å²) in [7, 11) is -4.62. The topological polar surface area (TPSA) is 236 Å². The summed E-state index contributed by atoms with van der Waals surface area (Å²) >= 11 is 6.28. The predicted molar refractivity (Wildman–Crippen MR) is 346 cm³/mol. The van der Waals surface area contributed by atoms with Crippen LogP contribution in [0.5, 0.6) is 11.5 Å². The lowest BCUT2D eigenvalue weighted by atomic mass is 9.72.